The van der Waals surface area contributed by atoms with E-state index < -0.39 is 167 Å². The maximum atomic E-state index is 12.2. The zero-order valence-electron chi connectivity index (χ0n) is 29.6. The smallest absolute Gasteiger partial charge is 0.332 e. The zero-order valence-corrected chi connectivity index (χ0v) is 29.6. The van der Waals surface area contributed by atoms with Crippen LogP contribution in [0.2, 0.25) is 0 Å². The number of hydrogen-bond acceptors (Lipinski definition) is 22. The summed E-state index contributed by atoms with van der Waals surface area (Å²) in [6, 6.07) is -1.53. The van der Waals surface area contributed by atoms with Crippen molar-refractivity contribution >= 4 is 12.4 Å². The highest BCUT2D eigenvalue weighted by atomic mass is 16.9. The first kappa shape index (κ1) is 44.9. The van der Waals surface area contributed by atoms with Crippen LogP contribution in [-0.2, 0) is 47.5 Å². The number of amides is 1. The normalized spacial score (nSPS) is 47.0. The second kappa shape index (κ2) is 19.1. The Balaban J connectivity index is 1.59. The molecule has 314 valence electrons. The van der Waals surface area contributed by atoms with Crippen molar-refractivity contribution in [2.45, 2.75) is 149 Å². The van der Waals surface area contributed by atoms with Crippen molar-refractivity contribution in [3.63, 3.8) is 0 Å². The summed E-state index contributed by atoms with van der Waals surface area (Å²) in [7, 11) is 0. The molecule has 4 aliphatic heterocycles. The van der Waals surface area contributed by atoms with Crippen molar-refractivity contribution in [2.24, 2.45) is 5.92 Å². The molecule has 0 bridgehead atoms. The first-order chi connectivity index (χ1) is 25.5. The Hall–Kier alpha value is -1.82. The highest BCUT2D eigenvalue weighted by Gasteiger charge is 2.58. The van der Waals surface area contributed by atoms with E-state index in [9.17, 15) is 70.9 Å². The standard InChI is InChI=1S/C31H53NO22/c1-10-13(39)4-31(47-9-37,53-25(10)19(41)14(40)5-33)54-28-21(43)16(7-35)49-30(24(28)46)52-27-17(8-36)50-29(18(22(27)44)32-12(3)38)51-26-11(2)48-15(6-34)20(42)23(26)45/h9-11,13-30,33-36,39-46H,4-8H2,1-3H3,(H,32,38)/t10-,11-,13-,14?,15?,16?,17+,18?,19?,20-,21?,22?,23+,24?,25?,26?,27-,28+,29+,30+,31+/m1/s1. The van der Waals surface area contributed by atoms with Gasteiger partial charge in [-0.25, -0.2) is 0 Å². The monoisotopic (exact) mass is 791 g/mol. The predicted octanol–water partition coefficient (Wildman–Crippen LogP) is -8.01. The van der Waals surface area contributed by atoms with Gasteiger partial charge in [0.25, 0.3) is 6.47 Å². The van der Waals surface area contributed by atoms with Crippen molar-refractivity contribution in [1.82, 2.24) is 5.32 Å². The lowest BCUT2D eigenvalue weighted by Gasteiger charge is -2.51. The summed E-state index contributed by atoms with van der Waals surface area (Å²) in [5.74, 6) is -4.33. The summed E-state index contributed by atoms with van der Waals surface area (Å²) < 4.78 is 45.2. The molecule has 4 aliphatic rings. The predicted molar refractivity (Wildman–Crippen MR) is 169 cm³/mol. The Labute approximate surface area is 308 Å². The second-order valence-corrected chi connectivity index (χ2v) is 13.8. The minimum atomic E-state index is -2.67. The molecule has 4 fully saturated rings. The van der Waals surface area contributed by atoms with E-state index in [1.165, 1.54) is 13.8 Å². The Bertz CT molecular complexity index is 1210. The Morgan fingerprint density at radius 1 is 0.796 bits per heavy atom. The van der Waals surface area contributed by atoms with Crippen LogP contribution in [-0.4, -0.2) is 222 Å². The third-order valence-electron chi connectivity index (χ3n) is 10.1. The quantitative estimate of drug-likeness (QED) is 0.0541. The van der Waals surface area contributed by atoms with Gasteiger partial charge in [-0.05, 0) is 6.92 Å². The molecule has 4 rings (SSSR count). The molecule has 23 nitrogen and oxygen atoms in total. The van der Waals surface area contributed by atoms with E-state index in [4.69, 9.17) is 37.9 Å². The van der Waals surface area contributed by atoms with E-state index in [0.29, 0.717) is 0 Å². The summed E-state index contributed by atoms with van der Waals surface area (Å²) in [5, 5.41) is 128. The van der Waals surface area contributed by atoms with Crippen molar-refractivity contribution in [2.75, 3.05) is 26.4 Å². The molecule has 1 amide bonds. The third-order valence-corrected chi connectivity index (χ3v) is 10.1. The zero-order chi connectivity index (χ0) is 40.2. The van der Waals surface area contributed by atoms with Crippen LogP contribution in [0.15, 0.2) is 0 Å². The lowest BCUT2D eigenvalue weighted by Crippen LogP contribution is -2.69. The van der Waals surface area contributed by atoms with Crippen molar-refractivity contribution in [1.29, 1.82) is 0 Å². The van der Waals surface area contributed by atoms with Crippen LogP contribution in [0, 0.1) is 5.92 Å². The van der Waals surface area contributed by atoms with Gasteiger partial charge in [-0.1, -0.05) is 6.92 Å². The first-order valence-corrected chi connectivity index (χ1v) is 17.4. The molecular formula is C31H53NO22. The van der Waals surface area contributed by atoms with Crippen molar-refractivity contribution in [3.8, 4) is 0 Å². The summed E-state index contributed by atoms with van der Waals surface area (Å²) in [6.45, 7) is 0.420. The van der Waals surface area contributed by atoms with Crippen LogP contribution in [0.3, 0.4) is 0 Å². The van der Waals surface area contributed by atoms with E-state index >= 15 is 0 Å². The molecule has 23 heteroatoms. The number of aliphatic hydroxyl groups excluding tert-OH is 12. The fraction of sp³-hybridized carbons (Fsp3) is 0.935. The Kier molecular flexibility index (Phi) is 15.9. The highest BCUT2D eigenvalue weighted by Crippen LogP contribution is 2.40. The highest BCUT2D eigenvalue weighted by molar-refractivity contribution is 5.73. The number of carbonyl (C=O) groups excluding carboxylic acids is 2. The minimum absolute atomic E-state index is 0.155. The van der Waals surface area contributed by atoms with Crippen molar-refractivity contribution < 1.29 is 109 Å². The molecule has 0 spiro atoms. The van der Waals surface area contributed by atoms with Crippen LogP contribution >= 0.6 is 0 Å². The van der Waals surface area contributed by atoms with Crippen LogP contribution < -0.4 is 5.32 Å². The van der Waals surface area contributed by atoms with Crippen molar-refractivity contribution in [3.05, 3.63) is 0 Å². The fourth-order valence-corrected chi connectivity index (χ4v) is 7.01. The van der Waals surface area contributed by atoms with Gasteiger partial charge in [-0.2, -0.15) is 0 Å². The molecular weight excluding hydrogens is 738 g/mol. The number of carbonyl (C=O) groups is 2. The molecule has 0 aromatic rings. The Morgan fingerprint density at radius 3 is 1.96 bits per heavy atom. The minimum Gasteiger partial charge on any atom is -0.410 e. The van der Waals surface area contributed by atoms with E-state index in [0.717, 1.165) is 6.92 Å². The number of nitrogens with one attached hydrogen (secondary N) is 1. The van der Waals surface area contributed by atoms with Gasteiger partial charge in [0.2, 0.25) is 5.91 Å². The van der Waals surface area contributed by atoms with Crippen LogP contribution in [0.1, 0.15) is 27.2 Å². The van der Waals surface area contributed by atoms with E-state index in [-0.39, 0.29) is 6.47 Å². The molecule has 0 saturated carbocycles. The summed E-state index contributed by atoms with van der Waals surface area (Å²) in [6.07, 6.45) is -30.4. The number of rotatable bonds is 15. The summed E-state index contributed by atoms with van der Waals surface area (Å²) in [5.41, 5.74) is 0. The molecule has 0 aliphatic carbocycles. The molecule has 0 radical (unpaired) electrons. The van der Waals surface area contributed by atoms with Gasteiger partial charge < -0.3 is 104 Å². The molecule has 4 heterocycles. The third kappa shape index (κ3) is 9.47. The maximum Gasteiger partial charge on any atom is 0.332 e. The lowest BCUT2D eigenvalue weighted by atomic mass is 9.87. The first-order valence-electron chi connectivity index (χ1n) is 17.4. The fourth-order valence-electron chi connectivity index (χ4n) is 7.01. The summed E-state index contributed by atoms with van der Waals surface area (Å²) in [4.78, 5) is 23.9. The largest absolute Gasteiger partial charge is 0.410 e. The molecule has 10 unspecified atom stereocenters. The number of aliphatic hydroxyl groups is 12. The molecule has 0 aromatic heterocycles. The molecule has 0 aromatic carbocycles. The maximum absolute atomic E-state index is 12.2. The average Bonchev–Trinajstić information content (AvgIpc) is 3.14. The van der Waals surface area contributed by atoms with Gasteiger partial charge in [0, 0.05) is 12.8 Å². The van der Waals surface area contributed by atoms with Gasteiger partial charge in [0.1, 0.15) is 85.4 Å². The van der Waals surface area contributed by atoms with Crippen LogP contribution in [0.4, 0.5) is 0 Å². The van der Waals surface area contributed by atoms with Gasteiger partial charge in [0.15, 0.2) is 12.6 Å². The van der Waals surface area contributed by atoms with Crippen LogP contribution in [0.5, 0.6) is 0 Å². The van der Waals surface area contributed by atoms with Gasteiger partial charge in [-0.3, -0.25) is 9.59 Å². The Morgan fingerprint density at radius 2 is 1.39 bits per heavy atom. The van der Waals surface area contributed by atoms with E-state index in [1.807, 2.05) is 0 Å². The van der Waals surface area contributed by atoms with E-state index in [2.05, 4.69) is 5.32 Å². The summed E-state index contributed by atoms with van der Waals surface area (Å²) >= 11 is 0. The SMILES string of the molecule is CC(=O)NC1C(O)[C@H](O[C@@H]2OC(CO)C(O)[C@H](O[C@]3(OC=O)C[C@@H](O)[C@@H](C)C(C(O)C(O)CO)O3)C2O)[C@H](CO)O[C@H]1OC1[C@@H](O)[C@H](O)C(CO)O[C@@H]1C. The van der Waals surface area contributed by atoms with Gasteiger partial charge >= 0.3 is 5.97 Å². The number of ether oxygens (including phenoxy) is 8. The topological polar surface area (TPSA) is 363 Å². The van der Waals surface area contributed by atoms with Gasteiger partial charge in [0.05, 0.1) is 51.2 Å². The molecule has 4 saturated heterocycles. The average molecular weight is 792 g/mol. The second-order valence-electron chi connectivity index (χ2n) is 13.8. The molecule has 21 atom stereocenters. The van der Waals surface area contributed by atoms with Gasteiger partial charge in [-0.15, -0.1) is 0 Å². The van der Waals surface area contributed by atoms with Crippen LogP contribution in [0.25, 0.3) is 0 Å². The van der Waals surface area contributed by atoms with E-state index in [1.54, 1.807) is 0 Å². The molecule has 54 heavy (non-hydrogen) atoms. The lowest BCUT2D eigenvalue weighted by molar-refractivity contribution is -0.448. The molecule has 13 N–H and O–H groups in total. The number of hydrogen-bond donors (Lipinski definition) is 13.